The molecule has 4 amide bonds. The van der Waals surface area contributed by atoms with E-state index >= 15 is 0 Å². The van der Waals surface area contributed by atoms with Crippen LogP contribution in [0, 0.1) is 45.3 Å². The van der Waals surface area contributed by atoms with Gasteiger partial charge in [0.15, 0.2) is 0 Å². The molecule has 0 N–H and O–H groups in total. The van der Waals surface area contributed by atoms with Crippen LogP contribution >= 0.6 is 46.1 Å². The highest BCUT2D eigenvalue weighted by molar-refractivity contribution is 7.12. The highest BCUT2D eigenvalue weighted by Gasteiger charge is 2.33. The largest absolute Gasteiger partial charge is 0.497 e. The van der Waals surface area contributed by atoms with Gasteiger partial charge in [0.2, 0.25) is 0 Å². The van der Waals surface area contributed by atoms with Crippen LogP contribution in [0.15, 0.2) is 195 Å². The minimum Gasteiger partial charge on any atom is -0.497 e. The molecule has 10 heterocycles. The Labute approximate surface area is 685 Å². The number of pyridine rings is 5. The zero-order valence-corrected chi connectivity index (χ0v) is 67.0. The van der Waals surface area contributed by atoms with Crippen LogP contribution in [0.5, 0.6) is 5.75 Å². The number of carbonyl (C=O) groups is 4. The molecule has 0 bridgehead atoms. The lowest BCUT2D eigenvalue weighted by Gasteiger charge is -2.37. The average Bonchev–Trinajstić information content (AvgIpc) is 0.797. The number of thiophene rings is 1. The number of rotatable bonds is 9. The number of para-hydroxylation sites is 3. The first-order chi connectivity index (χ1) is 56.1. The lowest BCUT2D eigenvalue weighted by Crippen LogP contribution is -2.49. The molecular weight excluding hydrogens is 1550 g/mol. The van der Waals surface area contributed by atoms with E-state index in [2.05, 4.69) is 29.3 Å². The van der Waals surface area contributed by atoms with Gasteiger partial charge in [-0.25, -0.2) is 0 Å². The van der Waals surface area contributed by atoms with Crippen LogP contribution in [0.4, 0.5) is 22.7 Å². The number of amides is 4. The molecular formula is C86H76Cl3N17O9S. The molecule has 4 aliphatic heterocycles. The minimum absolute atomic E-state index is 0.0204. The number of halogens is 3. The third-order valence-electron chi connectivity index (χ3n) is 21.3. The fourth-order valence-electron chi connectivity index (χ4n) is 15.2. The molecule has 0 radical (unpaired) electrons. The summed E-state index contributed by atoms with van der Waals surface area (Å²) in [4.78, 5) is 122. The molecule has 0 atom stereocenters. The number of nitriles is 4. The lowest BCUT2D eigenvalue weighted by atomic mass is 10.1. The topological polar surface area (TPSA) is 299 Å². The van der Waals surface area contributed by atoms with Gasteiger partial charge in [-0.2, -0.15) is 21.0 Å². The molecule has 12 aromatic rings. The highest BCUT2D eigenvalue weighted by Crippen LogP contribution is 2.36. The number of fused-ring (bicyclic) bond motifs is 4. The van der Waals surface area contributed by atoms with Crippen molar-refractivity contribution >= 4 is 136 Å². The van der Waals surface area contributed by atoms with E-state index < -0.39 is 0 Å². The Morgan fingerprint density at radius 2 is 0.707 bits per heavy atom. The van der Waals surface area contributed by atoms with Crippen LogP contribution in [0.2, 0.25) is 15.1 Å². The van der Waals surface area contributed by atoms with Gasteiger partial charge in [0, 0.05) is 189 Å². The summed E-state index contributed by atoms with van der Waals surface area (Å²) >= 11 is 19.6. The van der Waals surface area contributed by atoms with E-state index in [1.165, 1.54) is 29.6 Å². The lowest BCUT2D eigenvalue weighted by molar-refractivity contribution is 0.0739. The highest BCUT2D eigenvalue weighted by atomic mass is 35.5. The third kappa shape index (κ3) is 16.2. The summed E-state index contributed by atoms with van der Waals surface area (Å²) in [5, 5.41) is 45.2. The van der Waals surface area contributed by atoms with Gasteiger partial charge in [0.25, 0.3) is 45.9 Å². The molecule has 16 rings (SSSR count). The van der Waals surface area contributed by atoms with Gasteiger partial charge in [0.1, 0.15) is 52.3 Å². The molecule has 6 aromatic heterocycles. The maximum atomic E-state index is 12.8. The number of hydrogen-bond donors (Lipinski definition) is 0. The molecule has 4 saturated heterocycles. The molecule has 4 fully saturated rings. The van der Waals surface area contributed by atoms with Crippen molar-refractivity contribution in [3.05, 3.63) is 276 Å². The smallest absolute Gasteiger partial charge is 0.270 e. The normalized spacial score (nSPS) is 14.1. The number of methoxy groups -OCH3 is 1. The Kier molecular flexibility index (Phi) is 24.6. The maximum Gasteiger partial charge on any atom is 0.270 e. The summed E-state index contributed by atoms with van der Waals surface area (Å²) < 4.78 is 11.2. The number of carbonyl (C=O) groups excluding carboxylic acids is 4. The van der Waals surface area contributed by atoms with Crippen molar-refractivity contribution in [2.75, 3.05) is 131 Å². The number of ether oxygens (including phenoxy) is 1. The van der Waals surface area contributed by atoms with Crippen LogP contribution in [-0.4, -0.2) is 178 Å². The fraction of sp³-hybridized carbons (Fsp3) is 0.244. The standard InChI is InChI=1S/C23H22N4O3.C22H18Cl2N4O2.C21H19N5O2.C20H17ClN4O2S/c1-25-20-6-4-3-5-18(20)21(19(15-24)23(25)29)26-11-13-27(14-12-26)22(28)16-7-9-17(30-2)10-8-16;1-26-19-5-3-2-4-15(19)20(16(13-25)22(26)30)27-8-10-28(11-9-27)21(29)14-6-7-17(23)18(24)12-14;1-24-18-5-3-2-4-16(18)19(17(14-22)21(24)28)25-10-12-26(13-11-25)20(27)15-6-8-23-9-7-15;1-23-16-5-4-13(21)11-14(16)18(15(12-22)19(23)26)24-6-8-25(9-7-24)20(27)17-3-2-10-28-17/h3-10H,11-14H2,1-2H3;2-7,12H,8-11H2,1H3;2-9H,10-13H2,1H3;2-5,10-11H,6-9H2,1H3. The first-order valence-electron chi connectivity index (χ1n) is 37.1. The number of aromatic nitrogens is 5. The number of hydrogen-bond acceptors (Lipinski definition) is 19. The van der Waals surface area contributed by atoms with Crippen molar-refractivity contribution in [2.24, 2.45) is 28.2 Å². The zero-order valence-electron chi connectivity index (χ0n) is 63.9. The Morgan fingerprint density at radius 3 is 1.06 bits per heavy atom. The average molecular weight is 1630 g/mol. The first-order valence-corrected chi connectivity index (χ1v) is 39.1. The van der Waals surface area contributed by atoms with Gasteiger partial charge >= 0.3 is 0 Å². The second-order valence-electron chi connectivity index (χ2n) is 27.7. The van der Waals surface area contributed by atoms with Crippen LogP contribution in [0.25, 0.3) is 43.6 Å². The summed E-state index contributed by atoms with van der Waals surface area (Å²) in [5.74, 6) is 0.538. The van der Waals surface area contributed by atoms with E-state index in [-0.39, 0.29) is 68.1 Å². The minimum atomic E-state index is -0.329. The molecule has 586 valence electrons. The van der Waals surface area contributed by atoms with Crippen molar-refractivity contribution in [3.8, 4) is 30.0 Å². The van der Waals surface area contributed by atoms with Gasteiger partial charge in [-0.05, 0) is 102 Å². The first kappa shape index (κ1) is 80.8. The second-order valence-corrected chi connectivity index (χ2v) is 29.9. The second kappa shape index (κ2) is 35.4. The predicted molar refractivity (Wildman–Crippen MR) is 451 cm³/mol. The monoisotopic (exact) mass is 1630 g/mol. The molecule has 0 unspecified atom stereocenters. The number of anilines is 4. The van der Waals surface area contributed by atoms with E-state index in [4.69, 9.17) is 39.5 Å². The van der Waals surface area contributed by atoms with Gasteiger partial charge < -0.3 is 62.2 Å². The van der Waals surface area contributed by atoms with Crippen LogP contribution < -0.4 is 46.6 Å². The summed E-state index contributed by atoms with van der Waals surface area (Å²) in [7, 11) is 8.28. The zero-order chi connectivity index (χ0) is 82.2. The molecule has 0 spiro atoms. The fourth-order valence-corrected chi connectivity index (χ4v) is 16.3. The quantitative estimate of drug-likeness (QED) is 0.130. The number of nitrogens with zero attached hydrogens (tertiary/aromatic N) is 17. The van der Waals surface area contributed by atoms with Crippen molar-refractivity contribution in [1.82, 2.24) is 42.9 Å². The van der Waals surface area contributed by atoms with Gasteiger partial charge in [-0.3, -0.25) is 43.3 Å². The molecule has 26 nitrogen and oxygen atoms in total. The Morgan fingerprint density at radius 1 is 0.371 bits per heavy atom. The van der Waals surface area contributed by atoms with Gasteiger partial charge in [-0.15, -0.1) is 11.3 Å². The number of piperazine rings is 4. The van der Waals surface area contributed by atoms with E-state index in [0.717, 1.165) is 48.5 Å². The number of aryl methyl sites for hydroxylation is 4. The van der Waals surface area contributed by atoms with Gasteiger partial charge in [0.05, 0.1) is 66.8 Å². The molecule has 0 aliphatic carbocycles. The van der Waals surface area contributed by atoms with Crippen molar-refractivity contribution < 1.29 is 23.9 Å². The Bertz CT molecular complexity index is 6270. The van der Waals surface area contributed by atoms with Crippen LogP contribution in [-0.2, 0) is 28.2 Å². The molecule has 30 heteroatoms. The molecule has 6 aromatic carbocycles. The van der Waals surface area contributed by atoms with Crippen molar-refractivity contribution in [2.45, 2.75) is 0 Å². The Balaban J connectivity index is 0.000000135. The van der Waals surface area contributed by atoms with E-state index in [1.807, 2.05) is 115 Å². The van der Waals surface area contributed by atoms with Crippen molar-refractivity contribution in [3.63, 3.8) is 0 Å². The maximum absolute atomic E-state index is 12.8. The summed E-state index contributed by atoms with van der Waals surface area (Å²) in [6.07, 6.45) is 3.21. The Hall–Kier alpha value is -13.3. The van der Waals surface area contributed by atoms with E-state index in [0.29, 0.717) is 165 Å². The van der Waals surface area contributed by atoms with Crippen molar-refractivity contribution in [1.29, 1.82) is 21.0 Å². The van der Waals surface area contributed by atoms with Gasteiger partial charge in [-0.1, -0.05) is 95.5 Å². The predicted octanol–water partition coefficient (Wildman–Crippen LogP) is 10.9. The summed E-state index contributed by atoms with van der Waals surface area (Å²) in [6.45, 7) is 8.38. The van der Waals surface area contributed by atoms with Crippen LogP contribution in [0.1, 0.15) is 63.0 Å². The third-order valence-corrected chi connectivity index (χ3v) is 23.1. The molecule has 4 aliphatic rings. The van der Waals surface area contributed by atoms with Crippen LogP contribution in [0.3, 0.4) is 0 Å². The molecule has 0 saturated carbocycles. The number of benzene rings is 6. The van der Waals surface area contributed by atoms with E-state index in [9.17, 15) is 59.4 Å². The summed E-state index contributed by atoms with van der Waals surface area (Å²) in [6, 6.07) is 55.4. The summed E-state index contributed by atoms with van der Waals surface area (Å²) in [5.41, 5.74) is 6.61. The SMILES string of the molecule is COc1ccc(C(=O)N2CCN(c3c(C#N)c(=O)n(C)c4ccccc34)CC2)cc1.Cn1c(=O)c(C#N)c(N2CCN(C(=O)c3ccc(Cl)c(Cl)c3)CC2)c2ccccc21.Cn1c(=O)c(C#N)c(N2CCN(C(=O)c3cccs3)CC2)c2cc(Cl)ccc21.Cn1c(=O)c(C#N)c(N2CCN(C(=O)c3ccncc3)CC2)c2ccccc21. The molecule has 116 heavy (non-hydrogen) atoms. The van der Waals surface area contributed by atoms with E-state index in [1.54, 1.807) is 135 Å².